The molecule has 0 bridgehead atoms. The van der Waals surface area contributed by atoms with Gasteiger partial charge in [-0.3, -0.25) is 19.2 Å². The number of amides is 2. The molecule has 10 nitrogen and oxygen atoms in total. The molecule has 1 fully saturated rings. The Morgan fingerprint density at radius 1 is 1.26 bits per heavy atom. The van der Waals surface area contributed by atoms with Crippen molar-refractivity contribution >= 4 is 28.0 Å². The molecule has 5 heterocycles. The van der Waals surface area contributed by atoms with E-state index < -0.39 is 0 Å². The third kappa shape index (κ3) is 4.87. The van der Waals surface area contributed by atoms with E-state index in [0.717, 1.165) is 40.5 Å². The van der Waals surface area contributed by atoms with Crippen LogP contribution in [-0.4, -0.2) is 61.8 Å². The first-order valence-corrected chi connectivity index (χ1v) is 12.6. The molecule has 0 saturated carbocycles. The Labute approximate surface area is 207 Å². The lowest BCUT2D eigenvalue weighted by Crippen LogP contribution is -2.40. The average molecular weight is 495 g/mol. The number of fused-ring (bicyclic) bond motifs is 1. The van der Waals surface area contributed by atoms with Crippen LogP contribution >= 0.6 is 11.3 Å². The highest BCUT2D eigenvalue weighted by Crippen LogP contribution is 2.32. The number of dihydropyridines is 1. The number of thiazole rings is 1. The largest absolute Gasteiger partial charge is 0.381 e. The summed E-state index contributed by atoms with van der Waals surface area (Å²) in [6.45, 7) is 8.39. The number of carbonyl (C=O) groups is 2. The molecule has 0 aromatic carbocycles. The fourth-order valence-corrected chi connectivity index (χ4v) is 5.66. The highest BCUT2D eigenvalue weighted by atomic mass is 32.1. The minimum Gasteiger partial charge on any atom is -0.381 e. The molecule has 2 aliphatic rings. The third-order valence-corrected chi connectivity index (χ3v) is 7.55. The van der Waals surface area contributed by atoms with E-state index in [1.807, 2.05) is 39.4 Å². The molecular formula is C24H30N8O2S. The maximum Gasteiger partial charge on any atom is 0.260 e. The Morgan fingerprint density at radius 2 is 2.09 bits per heavy atom. The number of rotatable bonds is 6. The number of allylic oxidation sites excluding steroid dienone is 1. The minimum atomic E-state index is -0.241. The summed E-state index contributed by atoms with van der Waals surface area (Å²) < 4.78 is 3.50. The van der Waals surface area contributed by atoms with Crippen molar-refractivity contribution in [1.29, 1.82) is 0 Å². The lowest BCUT2D eigenvalue weighted by Gasteiger charge is -2.23. The van der Waals surface area contributed by atoms with Gasteiger partial charge in [-0.05, 0) is 38.8 Å². The quantitative estimate of drug-likeness (QED) is 0.484. The fourth-order valence-electron chi connectivity index (χ4n) is 4.54. The van der Waals surface area contributed by atoms with E-state index in [-0.39, 0.29) is 17.9 Å². The van der Waals surface area contributed by atoms with Crippen LogP contribution in [0.3, 0.4) is 0 Å². The van der Waals surface area contributed by atoms with Gasteiger partial charge in [-0.2, -0.15) is 10.2 Å². The molecule has 2 aliphatic heterocycles. The first-order chi connectivity index (χ1) is 16.8. The summed E-state index contributed by atoms with van der Waals surface area (Å²) in [6.07, 6.45) is 10.2. The van der Waals surface area contributed by atoms with E-state index in [4.69, 9.17) is 0 Å². The smallest absolute Gasteiger partial charge is 0.260 e. The van der Waals surface area contributed by atoms with Crippen LogP contribution in [0.15, 0.2) is 42.3 Å². The van der Waals surface area contributed by atoms with Gasteiger partial charge in [0.15, 0.2) is 0 Å². The van der Waals surface area contributed by atoms with Crippen molar-refractivity contribution in [2.24, 2.45) is 13.0 Å². The minimum absolute atomic E-state index is 0.0567. The number of aromatic nitrogens is 4. The van der Waals surface area contributed by atoms with Crippen molar-refractivity contribution in [3.63, 3.8) is 0 Å². The molecule has 11 heteroatoms. The van der Waals surface area contributed by atoms with Crippen molar-refractivity contribution in [3.8, 4) is 10.4 Å². The molecule has 0 aliphatic carbocycles. The highest BCUT2D eigenvalue weighted by Gasteiger charge is 2.23. The third-order valence-electron chi connectivity index (χ3n) is 6.40. The predicted octanol–water partition coefficient (Wildman–Crippen LogP) is 2.01. The number of aryl methyl sites for hydroxylation is 2. The normalized spacial score (nSPS) is 20.5. The summed E-state index contributed by atoms with van der Waals surface area (Å²) in [4.78, 5) is 29.6. The number of hydrogen-bond donors (Lipinski definition) is 3. The van der Waals surface area contributed by atoms with Crippen molar-refractivity contribution in [2.45, 2.75) is 33.2 Å². The van der Waals surface area contributed by atoms with Gasteiger partial charge in [-0.25, -0.2) is 4.52 Å². The molecule has 5 rings (SSSR count). The van der Waals surface area contributed by atoms with Gasteiger partial charge in [0.1, 0.15) is 4.83 Å². The van der Waals surface area contributed by atoms with Crippen LogP contribution in [0, 0.1) is 12.8 Å². The van der Waals surface area contributed by atoms with Crippen molar-refractivity contribution in [2.75, 3.05) is 19.6 Å². The lowest BCUT2D eigenvalue weighted by molar-refractivity contribution is -0.121. The molecule has 0 radical (unpaired) electrons. The predicted molar refractivity (Wildman–Crippen MR) is 135 cm³/mol. The Balaban J connectivity index is 1.28. The summed E-state index contributed by atoms with van der Waals surface area (Å²) in [7, 11) is 1.89. The molecule has 184 valence electrons. The van der Waals surface area contributed by atoms with Gasteiger partial charge in [0.05, 0.1) is 40.6 Å². The molecule has 1 saturated heterocycles. The maximum atomic E-state index is 13.2. The summed E-state index contributed by atoms with van der Waals surface area (Å²) in [5.74, 6) is 0.331. The van der Waals surface area contributed by atoms with Gasteiger partial charge >= 0.3 is 0 Å². The van der Waals surface area contributed by atoms with Crippen molar-refractivity contribution in [3.05, 3.63) is 53.5 Å². The first kappa shape index (κ1) is 23.3. The molecule has 3 aromatic rings. The van der Waals surface area contributed by atoms with Crippen LogP contribution in [-0.2, 0) is 11.8 Å². The zero-order valence-corrected chi connectivity index (χ0v) is 21.1. The van der Waals surface area contributed by atoms with Gasteiger partial charge < -0.3 is 16.0 Å². The van der Waals surface area contributed by atoms with Gasteiger partial charge in [0.25, 0.3) is 5.91 Å². The summed E-state index contributed by atoms with van der Waals surface area (Å²) >= 11 is 1.50. The van der Waals surface area contributed by atoms with E-state index in [2.05, 4.69) is 38.0 Å². The van der Waals surface area contributed by atoms with Crippen molar-refractivity contribution < 1.29 is 9.59 Å². The molecule has 3 N–H and O–H groups in total. The second kappa shape index (κ2) is 9.31. The Morgan fingerprint density at radius 3 is 2.80 bits per heavy atom. The van der Waals surface area contributed by atoms with Gasteiger partial charge in [0.2, 0.25) is 5.91 Å². The second-order valence-electron chi connectivity index (χ2n) is 9.42. The van der Waals surface area contributed by atoms with Gasteiger partial charge in [-0.1, -0.05) is 6.92 Å². The molecule has 2 amide bonds. The SMILES string of the molecule is Cc1nn(C)cc1-c1cn2ncc(C(=O)NC3=CC(NC(=O)CN4CCC(C)C4)=CNC3C)c2s1. The number of nitrogens with zero attached hydrogens (tertiary/aromatic N) is 5. The van der Waals surface area contributed by atoms with Crippen LogP contribution in [0.5, 0.6) is 0 Å². The Kier molecular flexibility index (Phi) is 6.20. The second-order valence-corrected chi connectivity index (χ2v) is 10.5. The van der Waals surface area contributed by atoms with E-state index >= 15 is 0 Å². The monoisotopic (exact) mass is 494 g/mol. The molecule has 3 aromatic heterocycles. The number of likely N-dealkylation sites (tertiary alicyclic amines) is 1. The lowest BCUT2D eigenvalue weighted by atomic mass is 10.1. The number of nitrogens with one attached hydrogen (secondary N) is 3. The van der Waals surface area contributed by atoms with E-state index in [9.17, 15) is 9.59 Å². The zero-order valence-electron chi connectivity index (χ0n) is 20.3. The summed E-state index contributed by atoms with van der Waals surface area (Å²) in [5, 5.41) is 17.9. The summed E-state index contributed by atoms with van der Waals surface area (Å²) in [6, 6.07) is -0.109. The number of carbonyl (C=O) groups excluding carboxylic acids is 2. The standard InChI is InChI=1S/C24H30N8O2S/c1-14-5-6-31(10-14)13-22(33)27-17-7-20(16(3)25-8-17)28-23(34)18-9-26-32-12-21(35-24(18)32)19-11-30(4)29-15(19)2/h7-9,11-12,14,16,25H,5-6,10,13H2,1-4H3,(H,27,33)(H,28,34). The Bertz CT molecular complexity index is 1350. The average Bonchev–Trinajstić information content (AvgIpc) is 3.55. The van der Waals surface area contributed by atoms with Crippen LogP contribution in [0.1, 0.15) is 36.3 Å². The zero-order chi connectivity index (χ0) is 24.7. The highest BCUT2D eigenvalue weighted by molar-refractivity contribution is 7.21. The molecular weight excluding hydrogens is 464 g/mol. The number of hydrogen-bond acceptors (Lipinski definition) is 7. The first-order valence-electron chi connectivity index (χ1n) is 11.8. The summed E-state index contributed by atoms with van der Waals surface area (Å²) in [5.41, 5.74) is 3.76. The molecule has 2 unspecified atom stereocenters. The van der Waals surface area contributed by atoms with Crippen molar-refractivity contribution in [1.82, 2.24) is 40.2 Å². The van der Waals surface area contributed by atoms with Gasteiger partial charge in [-0.15, -0.1) is 11.3 Å². The van der Waals surface area contributed by atoms with Crippen LogP contribution in [0.4, 0.5) is 0 Å². The maximum absolute atomic E-state index is 13.2. The van der Waals surface area contributed by atoms with E-state index in [0.29, 0.717) is 29.4 Å². The topological polar surface area (TPSA) is 109 Å². The van der Waals surface area contributed by atoms with Crippen LogP contribution in [0.25, 0.3) is 15.3 Å². The van der Waals surface area contributed by atoms with Gasteiger partial charge in [0, 0.05) is 43.4 Å². The molecule has 35 heavy (non-hydrogen) atoms. The molecule has 0 spiro atoms. The fraction of sp³-hybridized carbons (Fsp3) is 0.417. The van der Waals surface area contributed by atoms with Crippen LogP contribution < -0.4 is 16.0 Å². The Hall–Kier alpha value is -3.44. The van der Waals surface area contributed by atoms with Crippen LogP contribution in [0.2, 0.25) is 0 Å². The van der Waals surface area contributed by atoms with E-state index in [1.54, 1.807) is 21.6 Å². The molecule has 2 atom stereocenters. The van der Waals surface area contributed by atoms with E-state index in [1.165, 1.54) is 11.3 Å².